The second-order valence-corrected chi connectivity index (χ2v) is 6.05. The zero-order valence-electron chi connectivity index (χ0n) is 7.85. The molecular formula is C8H15NO4S. The van der Waals surface area contributed by atoms with Crippen LogP contribution in [0.2, 0.25) is 0 Å². The van der Waals surface area contributed by atoms with Crippen molar-refractivity contribution in [3.05, 3.63) is 0 Å². The molecule has 0 aliphatic carbocycles. The first-order valence-corrected chi connectivity index (χ1v) is 6.40. The van der Waals surface area contributed by atoms with Gasteiger partial charge < -0.3 is 10.8 Å². The Balaban J connectivity index is 2.65. The highest BCUT2D eigenvalue weighted by molar-refractivity contribution is 7.91. The van der Waals surface area contributed by atoms with Crippen molar-refractivity contribution in [2.45, 2.75) is 25.3 Å². The van der Waals surface area contributed by atoms with Gasteiger partial charge in [-0.3, -0.25) is 4.79 Å². The van der Waals surface area contributed by atoms with E-state index in [0.29, 0.717) is 12.8 Å². The van der Waals surface area contributed by atoms with Crippen LogP contribution in [0.1, 0.15) is 19.3 Å². The fourth-order valence-corrected chi connectivity index (χ4v) is 3.17. The molecule has 14 heavy (non-hydrogen) atoms. The zero-order chi connectivity index (χ0) is 10.8. The highest BCUT2D eigenvalue weighted by Gasteiger charge is 2.28. The van der Waals surface area contributed by atoms with Crippen LogP contribution in [0, 0.1) is 5.92 Å². The quantitative estimate of drug-likeness (QED) is 0.662. The summed E-state index contributed by atoms with van der Waals surface area (Å²) >= 11 is 0. The van der Waals surface area contributed by atoms with Crippen LogP contribution in [-0.4, -0.2) is 37.0 Å². The van der Waals surface area contributed by atoms with Crippen LogP contribution < -0.4 is 5.73 Å². The number of sulfone groups is 1. The Labute approximate surface area is 83.2 Å². The molecule has 3 N–H and O–H groups in total. The van der Waals surface area contributed by atoms with E-state index in [9.17, 15) is 13.2 Å². The molecule has 0 spiro atoms. The minimum atomic E-state index is -2.99. The smallest absolute Gasteiger partial charge is 0.303 e. The molecular weight excluding hydrogens is 206 g/mol. The Morgan fingerprint density at radius 3 is 2.50 bits per heavy atom. The Hall–Kier alpha value is -0.620. The Bertz CT molecular complexity index is 311. The fourth-order valence-electron chi connectivity index (χ4n) is 1.68. The third-order valence-electron chi connectivity index (χ3n) is 2.60. The van der Waals surface area contributed by atoms with E-state index >= 15 is 0 Å². The van der Waals surface area contributed by atoms with Crippen molar-refractivity contribution in [2.75, 3.05) is 11.5 Å². The third kappa shape index (κ3) is 3.26. The lowest BCUT2D eigenvalue weighted by molar-refractivity contribution is -0.138. The van der Waals surface area contributed by atoms with Crippen LogP contribution in [-0.2, 0) is 14.6 Å². The molecule has 0 amide bonds. The third-order valence-corrected chi connectivity index (χ3v) is 4.32. The summed E-state index contributed by atoms with van der Waals surface area (Å²) in [7, 11) is -2.99. The summed E-state index contributed by atoms with van der Waals surface area (Å²) in [6.07, 6.45) is 0.715. The molecule has 1 saturated heterocycles. The van der Waals surface area contributed by atoms with Gasteiger partial charge in [-0.05, 0) is 18.8 Å². The number of nitrogens with two attached hydrogens (primary N) is 1. The number of aliphatic carboxylic acids is 1. The van der Waals surface area contributed by atoms with Gasteiger partial charge in [-0.15, -0.1) is 0 Å². The lowest BCUT2D eigenvalue weighted by Crippen LogP contribution is -2.31. The monoisotopic (exact) mass is 221 g/mol. The second kappa shape index (κ2) is 4.27. The van der Waals surface area contributed by atoms with Gasteiger partial charge in [-0.2, -0.15) is 0 Å². The van der Waals surface area contributed by atoms with Crippen molar-refractivity contribution < 1.29 is 18.3 Å². The molecule has 0 aromatic heterocycles. The molecule has 1 fully saturated rings. The molecule has 0 aromatic carbocycles. The summed E-state index contributed by atoms with van der Waals surface area (Å²) in [6.45, 7) is 0. The summed E-state index contributed by atoms with van der Waals surface area (Å²) in [4.78, 5) is 10.5. The number of rotatable bonds is 2. The largest absolute Gasteiger partial charge is 0.481 e. The molecule has 0 unspecified atom stereocenters. The van der Waals surface area contributed by atoms with Gasteiger partial charge in [0.1, 0.15) is 9.84 Å². The molecule has 82 valence electrons. The zero-order valence-corrected chi connectivity index (χ0v) is 8.66. The molecule has 5 nitrogen and oxygen atoms in total. The van der Waals surface area contributed by atoms with E-state index in [1.807, 2.05) is 0 Å². The molecule has 1 aliphatic rings. The topological polar surface area (TPSA) is 97.5 Å². The predicted octanol–water partition coefficient (Wildman–Crippen LogP) is -0.387. The highest BCUT2D eigenvalue weighted by atomic mass is 32.2. The van der Waals surface area contributed by atoms with Gasteiger partial charge in [-0.25, -0.2) is 8.42 Å². The second-order valence-electron chi connectivity index (χ2n) is 3.75. The molecule has 1 heterocycles. The normalized spacial score (nSPS) is 32.1. The molecule has 0 bridgehead atoms. The first-order chi connectivity index (χ1) is 6.41. The number of hydrogen-bond donors (Lipinski definition) is 2. The van der Waals surface area contributed by atoms with E-state index in [2.05, 4.69) is 0 Å². The van der Waals surface area contributed by atoms with E-state index < -0.39 is 15.8 Å². The van der Waals surface area contributed by atoms with E-state index in [4.69, 9.17) is 10.8 Å². The van der Waals surface area contributed by atoms with Crippen molar-refractivity contribution in [2.24, 2.45) is 11.7 Å². The number of carboxylic acid groups (broad SMARTS) is 1. The van der Waals surface area contributed by atoms with Crippen LogP contribution in [0.4, 0.5) is 0 Å². The van der Waals surface area contributed by atoms with E-state index in [1.54, 1.807) is 0 Å². The average molecular weight is 221 g/mol. The van der Waals surface area contributed by atoms with E-state index in [-0.39, 0.29) is 29.9 Å². The predicted molar refractivity (Wildman–Crippen MR) is 51.6 cm³/mol. The van der Waals surface area contributed by atoms with E-state index in [1.165, 1.54) is 0 Å². The summed E-state index contributed by atoms with van der Waals surface area (Å²) in [5.41, 5.74) is 5.72. The first kappa shape index (κ1) is 11.5. The van der Waals surface area contributed by atoms with Crippen molar-refractivity contribution >= 4 is 15.8 Å². The summed E-state index contributed by atoms with van der Waals surface area (Å²) in [5, 5.41) is 8.60. The van der Waals surface area contributed by atoms with Crippen LogP contribution in [0.3, 0.4) is 0 Å². The molecule has 6 heteroatoms. The fraction of sp³-hybridized carbons (Fsp3) is 0.875. The Morgan fingerprint density at radius 2 is 1.93 bits per heavy atom. The standard InChI is InChI=1S/C8H15NO4S/c9-7-2-4-14(12,13)3-1-6(7)5-8(10)11/h6-7H,1-5,9H2,(H,10,11)/t6-,7-/m1/s1. The molecule has 2 atom stereocenters. The molecule has 1 aliphatic heterocycles. The van der Waals surface area contributed by atoms with Crippen molar-refractivity contribution in [1.29, 1.82) is 0 Å². The van der Waals surface area contributed by atoms with Gasteiger partial charge in [-0.1, -0.05) is 0 Å². The lowest BCUT2D eigenvalue weighted by Gasteiger charge is -2.17. The number of carboxylic acids is 1. The minimum Gasteiger partial charge on any atom is -0.481 e. The SMILES string of the molecule is N[C@@H]1CCS(=O)(=O)CC[C@@H]1CC(=O)O. The van der Waals surface area contributed by atoms with Crippen molar-refractivity contribution in [3.63, 3.8) is 0 Å². The van der Waals surface area contributed by atoms with Gasteiger partial charge in [0.25, 0.3) is 0 Å². The average Bonchev–Trinajstić information content (AvgIpc) is 2.17. The Morgan fingerprint density at radius 1 is 1.36 bits per heavy atom. The summed E-state index contributed by atoms with van der Waals surface area (Å²) in [6, 6.07) is -0.302. The van der Waals surface area contributed by atoms with Crippen molar-refractivity contribution in [1.82, 2.24) is 0 Å². The number of carbonyl (C=O) groups is 1. The van der Waals surface area contributed by atoms with Crippen molar-refractivity contribution in [3.8, 4) is 0 Å². The molecule has 0 radical (unpaired) electrons. The first-order valence-electron chi connectivity index (χ1n) is 4.58. The molecule has 1 rings (SSSR count). The van der Waals surface area contributed by atoms with Crippen LogP contribution in [0.5, 0.6) is 0 Å². The molecule has 0 saturated carbocycles. The highest BCUT2D eigenvalue weighted by Crippen LogP contribution is 2.21. The van der Waals surface area contributed by atoms with Crippen LogP contribution in [0.25, 0.3) is 0 Å². The summed E-state index contributed by atoms with van der Waals surface area (Å²) in [5.74, 6) is -0.960. The van der Waals surface area contributed by atoms with Gasteiger partial charge in [0, 0.05) is 12.5 Å². The molecule has 0 aromatic rings. The number of hydrogen-bond acceptors (Lipinski definition) is 4. The van der Waals surface area contributed by atoms with Gasteiger partial charge in [0.2, 0.25) is 0 Å². The maximum absolute atomic E-state index is 11.2. The van der Waals surface area contributed by atoms with E-state index in [0.717, 1.165) is 0 Å². The summed E-state index contributed by atoms with van der Waals surface area (Å²) < 4.78 is 22.5. The van der Waals surface area contributed by atoms with Crippen LogP contribution >= 0.6 is 0 Å². The maximum Gasteiger partial charge on any atom is 0.303 e. The van der Waals surface area contributed by atoms with Gasteiger partial charge in [0.15, 0.2) is 0 Å². The van der Waals surface area contributed by atoms with Crippen LogP contribution in [0.15, 0.2) is 0 Å². The van der Waals surface area contributed by atoms with Gasteiger partial charge >= 0.3 is 5.97 Å². The minimum absolute atomic E-state index is 0.0311. The Kier molecular flexibility index (Phi) is 3.49. The van der Waals surface area contributed by atoms with Gasteiger partial charge in [0.05, 0.1) is 11.5 Å². The lowest BCUT2D eigenvalue weighted by atomic mass is 9.92. The maximum atomic E-state index is 11.2.